The van der Waals surface area contributed by atoms with Crippen molar-refractivity contribution in [3.8, 4) is 5.75 Å². The summed E-state index contributed by atoms with van der Waals surface area (Å²) in [6.45, 7) is 6.20. The van der Waals surface area contributed by atoms with E-state index < -0.39 is 23.3 Å². The third kappa shape index (κ3) is 7.58. The third-order valence-electron chi connectivity index (χ3n) is 7.11. The van der Waals surface area contributed by atoms with Crippen molar-refractivity contribution in [1.29, 1.82) is 0 Å². The first-order valence-corrected chi connectivity index (χ1v) is 13.1. The van der Waals surface area contributed by atoms with Crippen LogP contribution < -0.4 is 4.74 Å². The van der Waals surface area contributed by atoms with Gasteiger partial charge in [0.1, 0.15) is 5.83 Å². The van der Waals surface area contributed by atoms with Gasteiger partial charge in [0.15, 0.2) is 17.4 Å². The number of epoxide rings is 1. The average Bonchev–Trinajstić information content (AvgIpc) is 3.70. The van der Waals surface area contributed by atoms with E-state index >= 15 is 0 Å². The minimum atomic E-state index is -0.947. The standard InChI is InChI=1S/C30H38F4O2/c1-4-9-20-11-13-22(14-12-20)25-15-16-27(30(34)29(25)33)35-17-8-7-10-21(5-2)24(6-3)28(32)26(31)18-23-19-36-23/h4,6-7,9-10,15-16,20-23H,5,8,11-14,17-19H2,1-3H3/b9-4+,10-7-,24-6-,28-26-. The second kappa shape index (κ2) is 13.8. The first-order chi connectivity index (χ1) is 17.4. The van der Waals surface area contributed by atoms with Crippen LogP contribution in [0.2, 0.25) is 0 Å². The minimum absolute atomic E-state index is 0.0286. The molecule has 2 nitrogen and oxygen atoms in total. The lowest BCUT2D eigenvalue weighted by atomic mass is 9.78. The van der Waals surface area contributed by atoms with Crippen molar-refractivity contribution in [1.82, 2.24) is 0 Å². The van der Waals surface area contributed by atoms with Crippen LogP contribution in [-0.4, -0.2) is 19.3 Å². The smallest absolute Gasteiger partial charge is 0.200 e. The average molecular weight is 507 g/mol. The fraction of sp³-hybridized carbons (Fsp3) is 0.533. The van der Waals surface area contributed by atoms with Crippen LogP contribution in [0.25, 0.3) is 0 Å². The van der Waals surface area contributed by atoms with E-state index in [9.17, 15) is 17.6 Å². The molecule has 1 aromatic carbocycles. The summed E-state index contributed by atoms with van der Waals surface area (Å²) in [7, 11) is 0. The Morgan fingerprint density at radius 3 is 2.44 bits per heavy atom. The van der Waals surface area contributed by atoms with Gasteiger partial charge in [-0.1, -0.05) is 43.4 Å². The van der Waals surface area contributed by atoms with E-state index in [0.717, 1.165) is 25.7 Å². The summed E-state index contributed by atoms with van der Waals surface area (Å²) >= 11 is 0. The van der Waals surface area contributed by atoms with Crippen molar-refractivity contribution in [2.24, 2.45) is 11.8 Å². The van der Waals surface area contributed by atoms with Crippen molar-refractivity contribution in [3.05, 3.63) is 76.9 Å². The van der Waals surface area contributed by atoms with Gasteiger partial charge in [0.2, 0.25) is 5.82 Å². The van der Waals surface area contributed by atoms with Crippen LogP contribution in [0.4, 0.5) is 17.6 Å². The zero-order valence-electron chi connectivity index (χ0n) is 21.5. The molecular formula is C30H38F4O2. The molecule has 3 rings (SSSR count). The van der Waals surface area contributed by atoms with Crippen LogP contribution in [0.3, 0.4) is 0 Å². The Bertz CT molecular complexity index is 983. The van der Waals surface area contributed by atoms with E-state index in [0.29, 0.717) is 36.5 Å². The van der Waals surface area contributed by atoms with Crippen molar-refractivity contribution in [2.45, 2.75) is 77.7 Å². The first-order valence-electron chi connectivity index (χ1n) is 13.1. The molecule has 0 bridgehead atoms. The molecule has 1 heterocycles. The maximum Gasteiger partial charge on any atom is 0.200 e. The normalized spacial score (nSPS) is 24.3. The summed E-state index contributed by atoms with van der Waals surface area (Å²) < 4.78 is 68.8. The summed E-state index contributed by atoms with van der Waals surface area (Å²) in [5.41, 5.74) is 0.732. The molecule has 2 atom stereocenters. The van der Waals surface area contributed by atoms with Crippen LogP contribution in [-0.2, 0) is 4.74 Å². The minimum Gasteiger partial charge on any atom is -0.490 e. The van der Waals surface area contributed by atoms with E-state index in [2.05, 4.69) is 12.2 Å². The van der Waals surface area contributed by atoms with Gasteiger partial charge < -0.3 is 9.47 Å². The highest BCUT2D eigenvalue weighted by molar-refractivity contribution is 5.34. The van der Waals surface area contributed by atoms with Gasteiger partial charge in [-0.3, -0.25) is 0 Å². The third-order valence-corrected chi connectivity index (χ3v) is 7.11. The zero-order chi connectivity index (χ0) is 26.1. The molecule has 0 N–H and O–H groups in total. The zero-order valence-corrected chi connectivity index (χ0v) is 21.5. The van der Waals surface area contributed by atoms with Gasteiger partial charge in [0, 0.05) is 12.3 Å². The predicted octanol–water partition coefficient (Wildman–Crippen LogP) is 9.05. The molecule has 0 amide bonds. The van der Waals surface area contributed by atoms with E-state index in [1.807, 2.05) is 19.9 Å². The van der Waals surface area contributed by atoms with E-state index in [1.54, 1.807) is 25.1 Å². The Labute approximate surface area is 212 Å². The number of ether oxygens (including phenoxy) is 2. The molecule has 1 saturated heterocycles. The molecule has 2 fully saturated rings. The second-order valence-electron chi connectivity index (χ2n) is 9.62. The van der Waals surface area contributed by atoms with Crippen molar-refractivity contribution in [3.63, 3.8) is 0 Å². The number of benzene rings is 1. The number of rotatable bonds is 12. The van der Waals surface area contributed by atoms with Crippen molar-refractivity contribution >= 4 is 0 Å². The molecule has 6 heteroatoms. The van der Waals surface area contributed by atoms with Gasteiger partial charge in [0.05, 0.1) is 19.3 Å². The van der Waals surface area contributed by atoms with E-state index in [1.165, 1.54) is 6.07 Å². The van der Waals surface area contributed by atoms with Crippen LogP contribution in [0.15, 0.2) is 59.7 Å². The highest BCUT2D eigenvalue weighted by atomic mass is 19.2. The highest BCUT2D eigenvalue weighted by Crippen LogP contribution is 2.39. The largest absolute Gasteiger partial charge is 0.490 e. The van der Waals surface area contributed by atoms with E-state index in [4.69, 9.17) is 9.47 Å². The summed E-state index contributed by atoms with van der Waals surface area (Å²) in [6.07, 6.45) is 13.8. The van der Waals surface area contributed by atoms with Crippen LogP contribution in [0.5, 0.6) is 5.75 Å². The molecule has 2 unspecified atom stereocenters. The molecule has 1 aliphatic carbocycles. The molecule has 0 radical (unpaired) electrons. The number of allylic oxidation sites excluding steroid dienone is 6. The Hall–Kier alpha value is -2.34. The lowest BCUT2D eigenvalue weighted by molar-refractivity contribution is 0.298. The summed E-state index contributed by atoms with van der Waals surface area (Å²) in [6, 6.07) is 3.15. The molecule has 1 aromatic rings. The number of halogens is 4. The lowest BCUT2D eigenvalue weighted by Gasteiger charge is -2.27. The summed E-state index contributed by atoms with van der Waals surface area (Å²) in [4.78, 5) is 0. The van der Waals surface area contributed by atoms with E-state index in [-0.39, 0.29) is 36.7 Å². The number of hydrogen-bond acceptors (Lipinski definition) is 2. The van der Waals surface area contributed by atoms with Crippen molar-refractivity contribution < 1.29 is 27.0 Å². The molecule has 36 heavy (non-hydrogen) atoms. The Kier molecular flexibility index (Phi) is 10.8. The molecule has 2 aliphatic rings. The van der Waals surface area contributed by atoms with Crippen LogP contribution >= 0.6 is 0 Å². The highest BCUT2D eigenvalue weighted by Gasteiger charge is 2.28. The van der Waals surface area contributed by atoms with Crippen molar-refractivity contribution in [2.75, 3.05) is 13.2 Å². The monoisotopic (exact) mass is 506 g/mol. The maximum absolute atomic E-state index is 14.8. The Morgan fingerprint density at radius 1 is 1.11 bits per heavy atom. The predicted molar refractivity (Wildman–Crippen MR) is 136 cm³/mol. The second-order valence-corrected chi connectivity index (χ2v) is 9.62. The fourth-order valence-corrected chi connectivity index (χ4v) is 4.96. The SMILES string of the molecule is C/C=C(\C(F)=C(\F)CC1CO1)C(/C=C\CCOc1ccc(C2CCC(/C=C/C)CC2)c(F)c1F)CC. The van der Waals surface area contributed by atoms with Gasteiger partial charge in [-0.15, -0.1) is 0 Å². The Morgan fingerprint density at radius 2 is 1.83 bits per heavy atom. The van der Waals surface area contributed by atoms with Gasteiger partial charge in [-0.05, 0) is 81.4 Å². The molecule has 0 spiro atoms. The lowest BCUT2D eigenvalue weighted by Crippen LogP contribution is -2.14. The topological polar surface area (TPSA) is 21.8 Å². The van der Waals surface area contributed by atoms with Crippen LogP contribution in [0, 0.1) is 23.5 Å². The molecule has 1 saturated carbocycles. The quantitative estimate of drug-likeness (QED) is 0.0927. The van der Waals surface area contributed by atoms with Gasteiger partial charge in [0.25, 0.3) is 0 Å². The molecule has 1 aliphatic heterocycles. The van der Waals surface area contributed by atoms with Gasteiger partial charge in [-0.2, -0.15) is 4.39 Å². The fourth-order valence-electron chi connectivity index (χ4n) is 4.96. The van der Waals surface area contributed by atoms with Gasteiger partial charge >= 0.3 is 0 Å². The molecule has 0 aromatic heterocycles. The number of hydrogen-bond donors (Lipinski definition) is 0. The van der Waals surface area contributed by atoms with Gasteiger partial charge in [-0.25, -0.2) is 13.2 Å². The summed E-state index contributed by atoms with van der Waals surface area (Å²) in [5, 5.41) is 0. The maximum atomic E-state index is 14.8. The summed E-state index contributed by atoms with van der Waals surface area (Å²) in [5.74, 6) is -3.22. The molecular weight excluding hydrogens is 468 g/mol. The first kappa shape index (κ1) is 28.2. The van der Waals surface area contributed by atoms with Crippen LogP contribution in [0.1, 0.15) is 77.2 Å². The molecule has 198 valence electrons. The Balaban J connectivity index is 1.53.